The van der Waals surface area contributed by atoms with Crippen LogP contribution in [0.15, 0.2) is 39.8 Å². The number of nitrogens with zero attached hydrogens (tertiary/aromatic N) is 1. The number of aryl methyl sites for hydroxylation is 2. The third kappa shape index (κ3) is 2.47. The number of hydrogen-bond donors (Lipinski definition) is 1. The van der Waals surface area contributed by atoms with E-state index in [2.05, 4.69) is 9.71 Å². The van der Waals surface area contributed by atoms with Gasteiger partial charge in [-0.2, -0.15) is 4.98 Å². The molecule has 0 saturated heterocycles. The highest BCUT2D eigenvalue weighted by Crippen LogP contribution is 2.18. The summed E-state index contributed by atoms with van der Waals surface area (Å²) >= 11 is 0. The Labute approximate surface area is 99.5 Å². The van der Waals surface area contributed by atoms with Gasteiger partial charge >= 0.3 is 6.01 Å². The highest BCUT2D eigenvalue weighted by molar-refractivity contribution is 7.92. The number of rotatable bonds is 3. The monoisotopic (exact) mass is 252 g/mol. The Morgan fingerprint density at radius 3 is 2.53 bits per heavy atom. The summed E-state index contributed by atoms with van der Waals surface area (Å²) in [5.41, 5.74) is 1.29. The lowest BCUT2D eigenvalue weighted by Crippen LogP contribution is -2.14. The maximum atomic E-state index is 12.0. The molecular weight excluding hydrogens is 240 g/mol. The Morgan fingerprint density at radius 2 is 1.94 bits per heavy atom. The summed E-state index contributed by atoms with van der Waals surface area (Å²) in [5.74, 6) is 0. The summed E-state index contributed by atoms with van der Waals surface area (Å²) < 4.78 is 31.3. The Bertz CT molecular complexity index is 632. The molecule has 0 atom stereocenters. The quantitative estimate of drug-likeness (QED) is 0.907. The third-order valence-electron chi connectivity index (χ3n) is 2.22. The second kappa shape index (κ2) is 4.21. The average molecular weight is 252 g/mol. The van der Waals surface area contributed by atoms with Crippen LogP contribution in [0.1, 0.15) is 11.3 Å². The second-order valence-electron chi connectivity index (χ2n) is 3.67. The molecule has 1 N–H and O–H groups in total. The van der Waals surface area contributed by atoms with E-state index in [0.717, 1.165) is 0 Å². The second-order valence-corrected chi connectivity index (χ2v) is 5.32. The molecule has 0 fully saturated rings. The van der Waals surface area contributed by atoms with E-state index in [-0.39, 0.29) is 10.9 Å². The first-order valence-electron chi connectivity index (χ1n) is 4.99. The van der Waals surface area contributed by atoms with Crippen LogP contribution < -0.4 is 4.72 Å². The van der Waals surface area contributed by atoms with Gasteiger partial charge < -0.3 is 4.42 Å². The highest BCUT2D eigenvalue weighted by atomic mass is 32.2. The Hall–Kier alpha value is -1.82. The lowest BCUT2D eigenvalue weighted by Gasteiger charge is -2.06. The minimum Gasteiger partial charge on any atom is -0.431 e. The summed E-state index contributed by atoms with van der Waals surface area (Å²) in [6.45, 7) is 3.45. The fourth-order valence-corrected chi connectivity index (χ4v) is 2.61. The molecule has 1 heterocycles. The summed E-state index contributed by atoms with van der Waals surface area (Å²) in [6, 6.07) is 6.69. The van der Waals surface area contributed by atoms with Crippen LogP contribution in [0.25, 0.3) is 0 Å². The molecule has 2 rings (SSSR count). The number of nitrogens with one attached hydrogen (secondary N) is 1. The SMILES string of the molecule is Cc1coc(NS(=O)(=O)c2ccccc2C)n1. The van der Waals surface area contributed by atoms with Gasteiger partial charge in [0.05, 0.1) is 10.6 Å². The summed E-state index contributed by atoms with van der Waals surface area (Å²) in [4.78, 5) is 4.11. The van der Waals surface area contributed by atoms with Gasteiger partial charge in [0.15, 0.2) is 0 Å². The van der Waals surface area contributed by atoms with Gasteiger partial charge in [-0.1, -0.05) is 18.2 Å². The molecule has 0 amide bonds. The molecule has 0 unspecified atom stereocenters. The number of oxazole rings is 1. The minimum absolute atomic E-state index is 0.0225. The van der Waals surface area contributed by atoms with Crippen molar-refractivity contribution in [3.05, 3.63) is 41.8 Å². The van der Waals surface area contributed by atoms with Gasteiger partial charge in [0.2, 0.25) is 0 Å². The fraction of sp³-hybridized carbons (Fsp3) is 0.182. The zero-order valence-electron chi connectivity index (χ0n) is 9.47. The third-order valence-corrected chi connectivity index (χ3v) is 3.70. The standard InChI is InChI=1S/C11H12N2O3S/c1-8-5-3-4-6-10(8)17(14,15)13-11-12-9(2)7-16-11/h3-7H,1-2H3,(H,12,13). The molecular formula is C11H12N2O3S. The van der Waals surface area contributed by atoms with E-state index in [1.165, 1.54) is 12.3 Å². The lowest BCUT2D eigenvalue weighted by molar-refractivity contribution is 0.569. The van der Waals surface area contributed by atoms with E-state index in [0.29, 0.717) is 11.3 Å². The molecule has 0 saturated carbocycles. The fourth-order valence-electron chi connectivity index (χ4n) is 1.43. The van der Waals surface area contributed by atoms with E-state index in [9.17, 15) is 8.42 Å². The molecule has 1 aromatic heterocycles. The van der Waals surface area contributed by atoms with Gasteiger partial charge in [-0.3, -0.25) is 0 Å². The van der Waals surface area contributed by atoms with Crippen molar-refractivity contribution in [3.63, 3.8) is 0 Å². The zero-order valence-corrected chi connectivity index (χ0v) is 10.3. The summed E-state index contributed by atoms with van der Waals surface area (Å²) in [5, 5.41) is 0. The maximum absolute atomic E-state index is 12.0. The first-order chi connectivity index (χ1) is 7.99. The number of benzene rings is 1. The van der Waals surface area contributed by atoms with E-state index in [1.54, 1.807) is 32.0 Å². The molecule has 6 heteroatoms. The van der Waals surface area contributed by atoms with Crippen molar-refractivity contribution < 1.29 is 12.8 Å². The van der Waals surface area contributed by atoms with E-state index in [1.807, 2.05) is 0 Å². The molecule has 0 aliphatic carbocycles. The molecule has 90 valence electrons. The van der Waals surface area contributed by atoms with Crippen molar-refractivity contribution in [1.82, 2.24) is 4.98 Å². The molecule has 0 aliphatic heterocycles. The van der Waals surface area contributed by atoms with E-state index >= 15 is 0 Å². The van der Waals surface area contributed by atoms with Gasteiger partial charge in [-0.25, -0.2) is 13.1 Å². The lowest BCUT2D eigenvalue weighted by atomic mass is 10.2. The average Bonchev–Trinajstić information content (AvgIpc) is 2.63. The Morgan fingerprint density at radius 1 is 1.24 bits per heavy atom. The molecule has 0 aliphatic rings. The number of sulfonamides is 1. The van der Waals surface area contributed by atoms with Crippen LogP contribution in [-0.4, -0.2) is 13.4 Å². The molecule has 1 aromatic carbocycles. The number of aromatic nitrogens is 1. The summed E-state index contributed by atoms with van der Waals surface area (Å²) in [7, 11) is -3.64. The predicted octanol–water partition coefficient (Wildman–Crippen LogP) is 2.09. The van der Waals surface area contributed by atoms with Gasteiger partial charge in [0.1, 0.15) is 6.26 Å². The van der Waals surface area contributed by atoms with Crippen LogP contribution in [0.3, 0.4) is 0 Å². The Balaban J connectivity index is 2.35. The topological polar surface area (TPSA) is 72.2 Å². The Kier molecular flexibility index (Phi) is 2.89. The minimum atomic E-state index is -3.64. The highest BCUT2D eigenvalue weighted by Gasteiger charge is 2.18. The molecule has 17 heavy (non-hydrogen) atoms. The van der Waals surface area contributed by atoms with Gasteiger partial charge in [-0.15, -0.1) is 0 Å². The zero-order chi connectivity index (χ0) is 12.5. The van der Waals surface area contributed by atoms with Crippen LogP contribution in [0, 0.1) is 13.8 Å². The predicted molar refractivity (Wildman–Crippen MR) is 63.2 cm³/mol. The van der Waals surface area contributed by atoms with Crippen molar-refractivity contribution >= 4 is 16.0 Å². The molecule has 0 bridgehead atoms. The molecule has 0 radical (unpaired) electrons. The molecule has 0 spiro atoms. The van der Waals surface area contributed by atoms with Gasteiger partial charge in [0.25, 0.3) is 10.0 Å². The van der Waals surface area contributed by atoms with Crippen molar-refractivity contribution in [3.8, 4) is 0 Å². The number of hydrogen-bond acceptors (Lipinski definition) is 4. The van der Waals surface area contributed by atoms with Crippen LogP contribution in [0.2, 0.25) is 0 Å². The maximum Gasteiger partial charge on any atom is 0.309 e. The van der Waals surface area contributed by atoms with Crippen LogP contribution in [-0.2, 0) is 10.0 Å². The van der Waals surface area contributed by atoms with Crippen LogP contribution in [0.5, 0.6) is 0 Å². The molecule has 5 nitrogen and oxygen atoms in total. The van der Waals surface area contributed by atoms with Crippen LogP contribution in [0.4, 0.5) is 6.01 Å². The van der Waals surface area contributed by atoms with Crippen LogP contribution >= 0.6 is 0 Å². The molecule has 2 aromatic rings. The van der Waals surface area contributed by atoms with Gasteiger partial charge in [0, 0.05) is 0 Å². The first-order valence-corrected chi connectivity index (χ1v) is 6.48. The van der Waals surface area contributed by atoms with Crippen molar-refractivity contribution in [2.24, 2.45) is 0 Å². The number of anilines is 1. The van der Waals surface area contributed by atoms with Gasteiger partial charge in [-0.05, 0) is 25.5 Å². The van der Waals surface area contributed by atoms with Crippen molar-refractivity contribution in [2.75, 3.05) is 4.72 Å². The van der Waals surface area contributed by atoms with E-state index in [4.69, 9.17) is 4.42 Å². The largest absolute Gasteiger partial charge is 0.431 e. The normalized spacial score (nSPS) is 11.4. The first kappa shape index (κ1) is 11.7. The van der Waals surface area contributed by atoms with Crippen molar-refractivity contribution in [1.29, 1.82) is 0 Å². The van der Waals surface area contributed by atoms with E-state index < -0.39 is 10.0 Å². The van der Waals surface area contributed by atoms with Crippen molar-refractivity contribution in [2.45, 2.75) is 18.7 Å². The smallest absolute Gasteiger partial charge is 0.309 e. The summed E-state index contributed by atoms with van der Waals surface area (Å²) in [6.07, 6.45) is 1.38.